The van der Waals surface area contributed by atoms with Crippen LogP contribution < -0.4 is 0 Å². The molecule has 1 fully saturated rings. The lowest BCUT2D eigenvalue weighted by atomic mass is 10.3. The standard InChI is InChI=1S/C12H12N2O3S2/c15-10(16)4-2-6-14-11(17)9(19-12(14)18)7-8-3-1-5-13-8/h1,3,5,7,13H,2,4,6H2,(H,15,16)/b9-7+. The quantitative estimate of drug-likeness (QED) is 0.643. The first-order chi connectivity index (χ1) is 9.08. The number of nitrogens with one attached hydrogen (secondary N) is 1. The smallest absolute Gasteiger partial charge is 0.303 e. The molecule has 1 aromatic heterocycles. The van der Waals surface area contributed by atoms with E-state index in [-0.39, 0.29) is 12.3 Å². The van der Waals surface area contributed by atoms with Crippen LogP contribution >= 0.6 is 24.0 Å². The molecular formula is C12H12N2O3S2. The molecule has 0 radical (unpaired) electrons. The van der Waals surface area contributed by atoms with Gasteiger partial charge in [-0.2, -0.15) is 0 Å². The zero-order valence-electron chi connectivity index (χ0n) is 9.96. The summed E-state index contributed by atoms with van der Waals surface area (Å²) in [5.41, 5.74) is 0.839. The second-order valence-corrected chi connectivity index (χ2v) is 5.63. The van der Waals surface area contributed by atoms with Gasteiger partial charge in [0.05, 0.1) is 4.91 Å². The first kappa shape index (κ1) is 13.8. The van der Waals surface area contributed by atoms with Crippen LogP contribution in [0.25, 0.3) is 6.08 Å². The summed E-state index contributed by atoms with van der Waals surface area (Å²) in [5.74, 6) is -1.03. The molecule has 0 aromatic carbocycles. The van der Waals surface area contributed by atoms with Crippen molar-refractivity contribution < 1.29 is 14.7 Å². The van der Waals surface area contributed by atoms with Crippen molar-refractivity contribution in [2.45, 2.75) is 12.8 Å². The number of carbonyl (C=O) groups excluding carboxylic acids is 1. The summed E-state index contributed by atoms with van der Waals surface area (Å²) < 4.78 is 0.480. The summed E-state index contributed by atoms with van der Waals surface area (Å²) in [6.07, 6.45) is 3.96. The summed E-state index contributed by atoms with van der Waals surface area (Å²) >= 11 is 6.38. The minimum atomic E-state index is -0.868. The molecule has 1 aromatic rings. The molecule has 100 valence electrons. The molecule has 2 N–H and O–H groups in total. The predicted molar refractivity (Wildman–Crippen MR) is 77.5 cm³/mol. The van der Waals surface area contributed by atoms with E-state index in [2.05, 4.69) is 4.98 Å². The molecule has 2 rings (SSSR count). The summed E-state index contributed by atoms with van der Waals surface area (Å²) in [5, 5.41) is 8.59. The van der Waals surface area contributed by atoms with Crippen molar-refractivity contribution in [2.24, 2.45) is 0 Å². The molecule has 0 atom stereocenters. The highest BCUT2D eigenvalue weighted by atomic mass is 32.2. The normalized spacial score (nSPS) is 17.5. The van der Waals surface area contributed by atoms with Gasteiger partial charge in [-0.25, -0.2) is 0 Å². The van der Waals surface area contributed by atoms with Crippen LogP contribution in [0, 0.1) is 0 Å². The lowest BCUT2D eigenvalue weighted by Crippen LogP contribution is -2.29. The Hall–Kier alpha value is -1.60. The van der Waals surface area contributed by atoms with Gasteiger partial charge < -0.3 is 10.1 Å². The molecule has 1 aliphatic rings. The number of hydrogen-bond donors (Lipinski definition) is 2. The molecule has 19 heavy (non-hydrogen) atoms. The van der Waals surface area contributed by atoms with E-state index in [1.54, 1.807) is 12.3 Å². The van der Waals surface area contributed by atoms with Gasteiger partial charge in [0, 0.05) is 24.9 Å². The van der Waals surface area contributed by atoms with E-state index in [4.69, 9.17) is 17.3 Å². The monoisotopic (exact) mass is 296 g/mol. The van der Waals surface area contributed by atoms with Gasteiger partial charge in [0.15, 0.2) is 0 Å². The number of carbonyl (C=O) groups is 2. The Labute approximate surface area is 119 Å². The van der Waals surface area contributed by atoms with E-state index in [0.717, 1.165) is 5.69 Å². The minimum Gasteiger partial charge on any atom is -0.481 e. The summed E-state index contributed by atoms with van der Waals surface area (Å²) in [7, 11) is 0. The number of hydrogen-bond acceptors (Lipinski definition) is 4. The van der Waals surface area contributed by atoms with E-state index in [0.29, 0.717) is 22.2 Å². The third-order valence-corrected chi connectivity index (χ3v) is 3.93. The number of aromatic amines is 1. The highest BCUT2D eigenvalue weighted by molar-refractivity contribution is 8.26. The number of rotatable bonds is 5. The van der Waals surface area contributed by atoms with Gasteiger partial charge in [0.2, 0.25) is 0 Å². The van der Waals surface area contributed by atoms with Crippen LogP contribution in [-0.2, 0) is 9.59 Å². The van der Waals surface area contributed by atoms with E-state index in [9.17, 15) is 9.59 Å². The molecule has 1 amide bonds. The number of thiocarbonyl (C=S) groups is 1. The topological polar surface area (TPSA) is 73.4 Å². The molecule has 0 aliphatic carbocycles. The molecule has 0 saturated carbocycles. The van der Waals surface area contributed by atoms with Gasteiger partial charge in [-0.1, -0.05) is 24.0 Å². The second kappa shape index (κ2) is 6.03. The maximum Gasteiger partial charge on any atom is 0.303 e. The highest BCUT2D eigenvalue weighted by Gasteiger charge is 2.31. The second-order valence-electron chi connectivity index (χ2n) is 3.96. The third-order valence-electron chi connectivity index (χ3n) is 2.55. The van der Waals surface area contributed by atoms with E-state index in [1.165, 1.54) is 16.7 Å². The number of carboxylic acids is 1. The van der Waals surface area contributed by atoms with Crippen LogP contribution in [-0.4, -0.2) is 37.7 Å². The first-order valence-electron chi connectivity index (χ1n) is 5.68. The molecule has 7 heteroatoms. The molecule has 5 nitrogen and oxygen atoms in total. The summed E-state index contributed by atoms with van der Waals surface area (Å²) in [6, 6.07) is 3.70. The number of thioether (sulfide) groups is 1. The molecule has 1 saturated heterocycles. The van der Waals surface area contributed by atoms with Crippen molar-refractivity contribution in [1.82, 2.24) is 9.88 Å². The maximum absolute atomic E-state index is 12.1. The minimum absolute atomic E-state index is 0.0345. The summed E-state index contributed by atoms with van der Waals surface area (Å²) in [6.45, 7) is 0.346. The fraction of sp³-hybridized carbons (Fsp3) is 0.250. The van der Waals surface area contributed by atoms with E-state index < -0.39 is 5.97 Å². The Morgan fingerprint density at radius 3 is 3.00 bits per heavy atom. The van der Waals surface area contributed by atoms with Crippen molar-refractivity contribution >= 4 is 46.3 Å². The number of aliphatic carboxylic acids is 1. The Morgan fingerprint density at radius 1 is 1.58 bits per heavy atom. The first-order valence-corrected chi connectivity index (χ1v) is 6.91. The molecule has 0 unspecified atom stereocenters. The van der Waals surface area contributed by atoms with Crippen LogP contribution in [0.5, 0.6) is 0 Å². The van der Waals surface area contributed by atoms with Crippen molar-refractivity contribution in [1.29, 1.82) is 0 Å². The van der Waals surface area contributed by atoms with Gasteiger partial charge >= 0.3 is 5.97 Å². The Bertz CT molecular complexity index is 537. The summed E-state index contributed by atoms with van der Waals surface area (Å²) in [4.78, 5) is 27.6. The molecule has 2 heterocycles. The van der Waals surface area contributed by atoms with Crippen LogP contribution in [0.4, 0.5) is 0 Å². The number of carboxylic acid groups (broad SMARTS) is 1. The number of H-pyrrole nitrogens is 1. The average Bonchev–Trinajstić information content (AvgIpc) is 2.93. The largest absolute Gasteiger partial charge is 0.481 e. The highest BCUT2D eigenvalue weighted by Crippen LogP contribution is 2.32. The van der Waals surface area contributed by atoms with Gasteiger partial charge in [-0.15, -0.1) is 0 Å². The van der Waals surface area contributed by atoms with Gasteiger partial charge in [0.1, 0.15) is 4.32 Å². The average molecular weight is 296 g/mol. The van der Waals surface area contributed by atoms with Gasteiger partial charge in [-0.05, 0) is 24.6 Å². The third kappa shape index (κ3) is 3.45. The zero-order chi connectivity index (χ0) is 13.8. The predicted octanol–water partition coefficient (Wildman–Crippen LogP) is 2.08. The zero-order valence-corrected chi connectivity index (χ0v) is 11.6. The van der Waals surface area contributed by atoms with Crippen molar-refractivity contribution in [3.8, 4) is 0 Å². The van der Waals surface area contributed by atoms with E-state index in [1.807, 2.05) is 12.1 Å². The van der Waals surface area contributed by atoms with Crippen LogP contribution in [0.3, 0.4) is 0 Å². The lowest BCUT2D eigenvalue weighted by molar-refractivity contribution is -0.137. The molecule has 0 spiro atoms. The number of nitrogens with zero attached hydrogens (tertiary/aromatic N) is 1. The lowest BCUT2D eigenvalue weighted by Gasteiger charge is -2.13. The SMILES string of the molecule is O=C(O)CCCN1C(=O)/C(=C\c2ccc[nH]2)SC1=S. The number of amides is 1. The maximum atomic E-state index is 12.1. The Morgan fingerprint density at radius 2 is 2.37 bits per heavy atom. The fourth-order valence-electron chi connectivity index (χ4n) is 1.66. The number of aromatic nitrogens is 1. The van der Waals surface area contributed by atoms with E-state index >= 15 is 0 Å². The van der Waals surface area contributed by atoms with Crippen LogP contribution in [0.1, 0.15) is 18.5 Å². The molecule has 1 aliphatic heterocycles. The molecular weight excluding hydrogens is 284 g/mol. The van der Waals surface area contributed by atoms with Gasteiger partial charge in [0.25, 0.3) is 5.91 Å². The van der Waals surface area contributed by atoms with Crippen molar-refractivity contribution in [3.05, 3.63) is 28.9 Å². The molecule has 0 bridgehead atoms. The van der Waals surface area contributed by atoms with Gasteiger partial charge in [-0.3, -0.25) is 14.5 Å². The Balaban J connectivity index is 2.02. The Kier molecular flexibility index (Phi) is 4.39. The van der Waals surface area contributed by atoms with Crippen LogP contribution in [0.15, 0.2) is 23.2 Å². The van der Waals surface area contributed by atoms with Crippen LogP contribution in [0.2, 0.25) is 0 Å². The van der Waals surface area contributed by atoms with Crippen molar-refractivity contribution in [2.75, 3.05) is 6.54 Å². The fourth-order valence-corrected chi connectivity index (χ4v) is 2.96. The van der Waals surface area contributed by atoms with Crippen molar-refractivity contribution in [3.63, 3.8) is 0 Å².